The fraction of sp³-hybridized carbons (Fsp3) is 0.455. The van der Waals surface area contributed by atoms with Gasteiger partial charge in [-0.15, -0.1) is 11.3 Å². The molecule has 16 heavy (non-hydrogen) atoms. The maximum absolute atomic E-state index is 11.7. The van der Waals surface area contributed by atoms with Crippen molar-refractivity contribution in [2.45, 2.75) is 19.4 Å². The summed E-state index contributed by atoms with van der Waals surface area (Å²) >= 11 is 1.43. The van der Waals surface area contributed by atoms with Gasteiger partial charge in [-0.05, 0) is 17.9 Å². The van der Waals surface area contributed by atoms with Crippen LogP contribution in [0.1, 0.15) is 23.0 Å². The molecule has 0 saturated carbocycles. The summed E-state index contributed by atoms with van der Waals surface area (Å²) in [5.74, 6) is 0.0401. The Morgan fingerprint density at radius 3 is 2.94 bits per heavy atom. The normalized spacial score (nSPS) is 19.8. The highest BCUT2D eigenvalue weighted by Crippen LogP contribution is 2.12. The number of amides is 2. The topological polar surface area (TPSA) is 49.4 Å². The van der Waals surface area contributed by atoms with Crippen molar-refractivity contribution in [1.82, 2.24) is 10.2 Å². The SMILES string of the molecule is CC(=O)N1CCC(NC(=O)c2cccs2)C1. The quantitative estimate of drug-likeness (QED) is 0.838. The Bertz CT molecular complexity index is 389. The molecule has 1 saturated heterocycles. The summed E-state index contributed by atoms with van der Waals surface area (Å²) in [7, 11) is 0. The summed E-state index contributed by atoms with van der Waals surface area (Å²) in [6, 6.07) is 3.76. The highest BCUT2D eigenvalue weighted by atomic mass is 32.1. The molecule has 1 aromatic heterocycles. The summed E-state index contributed by atoms with van der Waals surface area (Å²) in [6.45, 7) is 2.93. The molecule has 0 aromatic carbocycles. The first-order valence-corrected chi connectivity index (χ1v) is 6.14. The van der Waals surface area contributed by atoms with Gasteiger partial charge >= 0.3 is 0 Å². The van der Waals surface area contributed by atoms with Crippen molar-refractivity contribution in [3.8, 4) is 0 Å². The molecular formula is C11H14N2O2S. The van der Waals surface area contributed by atoms with E-state index in [9.17, 15) is 9.59 Å². The van der Waals surface area contributed by atoms with E-state index in [0.29, 0.717) is 6.54 Å². The van der Waals surface area contributed by atoms with Crippen molar-refractivity contribution < 1.29 is 9.59 Å². The first-order valence-electron chi connectivity index (χ1n) is 5.26. The lowest BCUT2D eigenvalue weighted by Crippen LogP contribution is -2.37. The molecule has 2 rings (SSSR count). The molecular weight excluding hydrogens is 224 g/mol. The number of thiophene rings is 1. The second kappa shape index (κ2) is 4.65. The van der Waals surface area contributed by atoms with Crippen LogP contribution in [0.3, 0.4) is 0 Å². The number of carbonyl (C=O) groups is 2. The van der Waals surface area contributed by atoms with Gasteiger partial charge < -0.3 is 10.2 Å². The van der Waals surface area contributed by atoms with Gasteiger partial charge in [0, 0.05) is 26.1 Å². The monoisotopic (exact) mass is 238 g/mol. The molecule has 2 heterocycles. The van der Waals surface area contributed by atoms with E-state index in [-0.39, 0.29) is 17.9 Å². The van der Waals surface area contributed by atoms with Gasteiger partial charge in [0.05, 0.1) is 4.88 Å². The Kier molecular flexibility index (Phi) is 3.24. The van der Waals surface area contributed by atoms with Crippen LogP contribution in [0.15, 0.2) is 17.5 Å². The number of likely N-dealkylation sites (tertiary alicyclic amines) is 1. The zero-order valence-corrected chi connectivity index (χ0v) is 9.92. The van der Waals surface area contributed by atoms with Crippen molar-refractivity contribution in [2.24, 2.45) is 0 Å². The second-order valence-electron chi connectivity index (χ2n) is 3.90. The Balaban J connectivity index is 1.88. The van der Waals surface area contributed by atoms with Crippen molar-refractivity contribution in [2.75, 3.05) is 13.1 Å². The molecule has 1 fully saturated rings. The third-order valence-corrected chi connectivity index (χ3v) is 3.58. The summed E-state index contributed by atoms with van der Waals surface area (Å²) in [4.78, 5) is 25.3. The number of nitrogens with zero attached hydrogens (tertiary/aromatic N) is 1. The number of rotatable bonds is 2. The highest BCUT2D eigenvalue weighted by Gasteiger charge is 2.25. The molecule has 1 aliphatic heterocycles. The van der Waals surface area contributed by atoms with Gasteiger partial charge in [-0.25, -0.2) is 0 Å². The maximum Gasteiger partial charge on any atom is 0.261 e. The summed E-state index contributed by atoms with van der Waals surface area (Å²) in [5.41, 5.74) is 0. The Morgan fingerprint density at radius 1 is 1.56 bits per heavy atom. The van der Waals surface area contributed by atoms with E-state index < -0.39 is 0 Å². The molecule has 86 valence electrons. The van der Waals surface area contributed by atoms with E-state index in [2.05, 4.69) is 5.32 Å². The lowest BCUT2D eigenvalue weighted by molar-refractivity contribution is -0.127. The molecule has 0 spiro atoms. The van der Waals surface area contributed by atoms with Crippen molar-refractivity contribution in [3.05, 3.63) is 22.4 Å². The van der Waals surface area contributed by atoms with E-state index in [1.807, 2.05) is 11.4 Å². The third kappa shape index (κ3) is 2.41. The molecule has 1 atom stereocenters. The molecule has 4 nitrogen and oxygen atoms in total. The van der Waals surface area contributed by atoms with Crippen LogP contribution in [0.25, 0.3) is 0 Å². The van der Waals surface area contributed by atoms with Crippen LogP contribution < -0.4 is 5.32 Å². The largest absolute Gasteiger partial charge is 0.347 e. The molecule has 0 bridgehead atoms. The number of nitrogens with one attached hydrogen (secondary N) is 1. The minimum atomic E-state index is -0.0367. The van der Waals surface area contributed by atoms with Crippen LogP contribution in [-0.4, -0.2) is 35.8 Å². The molecule has 1 N–H and O–H groups in total. The minimum absolute atomic E-state index is 0.0367. The fourth-order valence-electron chi connectivity index (χ4n) is 1.83. The lowest BCUT2D eigenvalue weighted by Gasteiger charge is -2.14. The first-order chi connectivity index (χ1) is 7.66. The lowest BCUT2D eigenvalue weighted by atomic mass is 10.2. The smallest absolute Gasteiger partial charge is 0.261 e. The standard InChI is InChI=1S/C11H14N2O2S/c1-8(14)13-5-4-9(7-13)12-11(15)10-3-2-6-16-10/h2-3,6,9H,4-5,7H2,1H3,(H,12,15). The van der Waals surface area contributed by atoms with Gasteiger partial charge in [0.2, 0.25) is 5.91 Å². The van der Waals surface area contributed by atoms with Crippen LogP contribution in [0.4, 0.5) is 0 Å². The minimum Gasteiger partial charge on any atom is -0.347 e. The number of hydrogen-bond acceptors (Lipinski definition) is 3. The van der Waals surface area contributed by atoms with Crippen LogP contribution in [0.2, 0.25) is 0 Å². The average molecular weight is 238 g/mol. The van der Waals surface area contributed by atoms with Crippen molar-refractivity contribution >= 4 is 23.2 Å². The van der Waals surface area contributed by atoms with Gasteiger partial charge in [-0.3, -0.25) is 9.59 Å². The van der Waals surface area contributed by atoms with Gasteiger partial charge in [-0.2, -0.15) is 0 Å². The molecule has 0 radical (unpaired) electrons. The van der Waals surface area contributed by atoms with E-state index in [0.717, 1.165) is 17.8 Å². The summed E-state index contributed by atoms with van der Waals surface area (Å²) in [6.07, 6.45) is 0.844. The van der Waals surface area contributed by atoms with Gasteiger partial charge in [0.25, 0.3) is 5.91 Å². The number of hydrogen-bond donors (Lipinski definition) is 1. The second-order valence-corrected chi connectivity index (χ2v) is 4.85. The van der Waals surface area contributed by atoms with E-state index >= 15 is 0 Å². The molecule has 2 amide bonds. The van der Waals surface area contributed by atoms with Crippen LogP contribution in [0.5, 0.6) is 0 Å². The fourth-order valence-corrected chi connectivity index (χ4v) is 2.46. The summed E-state index contributed by atoms with van der Waals surface area (Å²) in [5, 5.41) is 4.82. The number of carbonyl (C=O) groups excluding carboxylic acids is 2. The highest BCUT2D eigenvalue weighted by molar-refractivity contribution is 7.12. The summed E-state index contributed by atoms with van der Waals surface area (Å²) < 4.78 is 0. The Labute approximate surface area is 98.3 Å². The third-order valence-electron chi connectivity index (χ3n) is 2.71. The van der Waals surface area contributed by atoms with Crippen molar-refractivity contribution in [3.63, 3.8) is 0 Å². The van der Waals surface area contributed by atoms with Crippen molar-refractivity contribution in [1.29, 1.82) is 0 Å². The maximum atomic E-state index is 11.7. The van der Waals surface area contributed by atoms with E-state index in [1.54, 1.807) is 17.9 Å². The van der Waals surface area contributed by atoms with Gasteiger partial charge in [-0.1, -0.05) is 6.07 Å². The molecule has 1 aromatic rings. The van der Waals surface area contributed by atoms with Gasteiger partial charge in [0.1, 0.15) is 0 Å². The average Bonchev–Trinajstić information content (AvgIpc) is 2.87. The molecule has 1 aliphatic rings. The molecule has 1 unspecified atom stereocenters. The Hall–Kier alpha value is -1.36. The molecule has 5 heteroatoms. The predicted molar refractivity (Wildman–Crippen MR) is 62.4 cm³/mol. The van der Waals surface area contributed by atoms with E-state index in [4.69, 9.17) is 0 Å². The first kappa shape index (κ1) is 11.1. The van der Waals surface area contributed by atoms with Crippen LogP contribution in [-0.2, 0) is 4.79 Å². The van der Waals surface area contributed by atoms with Gasteiger partial charge in [0.15, 0.2) is 0 Å². The van der Waals surface area contributed by atoms with E-state index in [1.165, 1.54) is 11.3 Å². The zero-order chi connectivity index (χ0) is 11.5. The predicted octanol–water partition coefficient (Wildman–Crippen LogP) is 1.10. The Morgan fingerprint density at radius 2 is 2.38 bits per heavy atom. The zero-order valence-electron chi connectivity index (χ0n) is 9.10. The van der Waals surface area contributed by atoms with Crippen LogP contribution >= 0.6 is 11.3 Å². The van der Waals surface area contributed by atoms with Crippen LogP contribution in [0, 0.1) is 0 Å². The molecule has 0 aliphatic carbocycles.